The highest BCUT2D eigenvalue weighted by molar-refractivity contribution is 6.30. The van der Waals surface area contributed by atoms with E-state index in [-0.39, 0.29) is 0 Å². The molecule has 0 heterocycles. The monoisotopic (exact) mass is 241 g/mol. The molecule has 3 heteroatoms. The molecule has 0 saturated carbocycles. The molecule has 0 amide bonds. The van der Waals surface area contributed by atoms with Crippen LogP contribution in [0.15, 0.2) is 24.3 Å². The molecule has 1 atom stereocenters. The number of rotatable bonds is 7. The van der Waals surface area contributed by atoms with Gasteiger partial charge in [-0.2, -0.15) is 0 Å². The lowest BCUT2D eigenvalue weighted by Crippen LogP contribution is -2.27. The van der Waals surface area contributed by atoms with E-state index in [4.69, 9.17) is 16.3 Å². The van der Waals surface area contributed by atoms with Crippen molar-refractivity contribution in [2.24, 2.45) is 5.92 Å². The van der Waals surface area contributed by atoms with Crippen LogP contribution in [0.2, 0.25) is 5.02 Å². The highest BCUT2D eigenvalue weighted by Gasteiger charge is 2.09. The maximum atomic E-state index is 5.96. The van der Waals surface area contributed by atoms with Gasteiger partial charge < -0.3 is 10.1 Å². The summed E-state index contributed by atoms with van der Waals surface area (Å²) in [4.78, 5) is 0. The first-order valence-electron chi connectivity index (χ1n) is 5.70. The van der Waals surface area contributed by atoms with Crippen LogP contribution in [0.3, 0.4) is 0 Å². The second-order valence-corrected chi connectivity index (χ2v) is 4.40. The molecular formula is C13H20ClNO. The summed E-state index contributed by atoms with van der Waals surface area (Å²) in [5, 5.41) is 4.16. The van der Waals surface area contributed by atoms with Crippen molar-refractivity contribution in [3.05, 3.63) is 34.9 Å². The molecule has 16 heavy (non-hydrogen) atoms. The summed E-state index contributed by atoms with van der Waals surface area (Å²) in [6.45, 7) is 4.87. The molecular weight excluding hydrogens is 222 g/mol. The zero-order valence-electron chi connectivity index (χ0n) is 10.0. The van der Waals surface area contributed by atoms with E-state index in [1.807, 2.05) is 18.2 Å². The van der Waals surface area contributed by atoms with E-state index in [0.29, 0.717) is 5.92 Å². The first-order valence-corrected chi connectivity index (χ1v) is 6.08. The molecule has 1 N–H and O–H groups in total. The summed E-state index contributed by atoms with van der Waals surface area (Å²) in [6.07, 6.45) is 1.00. The Morgan fingerprint density at radius 1 is 1.44 bits per heavy atom. The smallest absolute Gasteiger partial charge is 0.0505 e. The summed E-state index contributed by atoms with van der Waals surface area (Å²) in [6, 6.07) is 8.03. The van der Waals surface area contributed by atoms with Crippen LogP contribution in [0, 0.1) is 5.92 Å². The lowest BCUT2D eigenvalue weighted by atomic mass is 10.00. The third-order valence-corrected chi connectivity index (χ3v) is 2.73. The van der Waals surface area contributed by atoms with Crippen LogP contribution in [0.25, 0.3) is 0 Å². The third kappa shape index (κ3) is 4.97. The minimum Gasteiger partial charge on any atom is -0.384 e. The lowest BCUT2D eigenvalue weighted by Gasteiger charge is -2.16. The molecule has 0 fully saturated rings. The third-order valence-electron chi connectivity index (χ3n) is 2.50. The first kappa shape index (κ1) is 13.5. The molecule has 1 unspecified atom stereocenters. The van der Waals surface area contributed by atoms with E-state index in [2.05, 4.69) is 18.3 Å². The molecule has 1 aromatic carbocycles. The summed E-state index contributed by atoms with van der Waals surface area (Å²) in [7, 11) is 1.75. The zero-order valence-corrected chi connectivity index (χ0v) is 10.8. The van der Waals surface area contributed by atoms with E-state index in [0.717, 1.165) is 31.1 Å². The van der Waals surface area contributed by atoms with Crippen molar-refractivity contribution in [2.75, 3.05) is 26.8 Å². The van der Waals surface area contributed by atoms with Gasteiger partial charge in [-0.15, -0.1) is 0 Å². The first-order chi connectivity index (χ1) is 7.76. The van der Waals surface area contributed by atoms with Gasteiger partial charge >= 0.3 is 0 Å². The van der Waals surface area contributed by atoms with E-state index >= 15 is 0 Å². The zero-order chi connectivity index (χ0) is 11.8. The van der Waals surface area contributed by atoms with E-state index in [1.165, 1.54) is 5.56 Å². The van der Waals surface area contributed by atoms with E-state index < -0.39 is 0 Å². The predicted octanol–water partition coefficient (Wildman–Crippen LogP) is 2.75. The Bertz CT molecular complexity index is 304. The Hall–Kier alpha value is -0.570. The standard InChI is InChI=1S/C13H20ClNO/c1-3-15-9-12(10-16-2)7-11-5-4-6-13(14)8-11/h4-6,8,12,15H,3,7,9-10H2,1-2H3. The lowest BCUT2D eigenvalue weighted by molar-refractivity contribution is 0.151. The number of nitrogens with one attached hydrogen (secondary N) is 1. The number of hydrogen-bond acceptors (Lipinski definition) is 2. The topological polar surface area (TPSA) is 21.3 Å². The van der Waals surface area contributed by atoms with Gasteiger partial charge in [0.2, 0.25) is 0 Å². The van der Waals surface area contributed by atoms with Gasteiger partial charge in [-0.25, -0.2) is 0 Å². The Morgan fingerprint density at radius 3 is 2.88 bits per heavy atom. The van der Waals surface area contributed by atoms with Crippen molar-refractivity contribution >= 4 is 11.6 Å². The summed E-state index contributed by atoms with van der Waals surface area (Å²) in [5.41, 5.74) is 1.27. The fourth-order valence-electron chi connectivity index (χ4n) is 1.77. The Kier molecular flexibility index (Phi) is 6.46. The number of benzene rings is 1. The molecule has 0 aromatic heterocycles. The van der Waals surface area contributed by atoms with Crippen LogP contribution in [-0.4, -0.2) is 26.8 Å². The molecule has 0 spiro atoms. The van der Waals surface area contributed by atoms with Crippen LogP contribution < -0.4 is 5.32 Å². The van der Waals surface area contributed by atoms with Crippen LogP contribution in [0.1, 0.15) is 12.5 Å². The molecule has 1 rings (SSSR count). The normalized spacial score (nSPS) is 12.7. The van der Waals surface area contributed by atoms with Crippen LogP contribution in [-0.2, 0) is 11.2 Å². The van der Waals surface area contributed by atoms with Crippen LogP contribution >= 0.6 is 11.6 Å². The number of methoxy groups -OCH3 is 1. The molecule has 2 nitrogen and oxygen atoms in total. The van der Waals surface area contributed by atoms with Crippen LogP contribution in [0.4, 0.5) is 0 Å². The second kappa shape index (κ2) is 7.66. The maximum Gasteiger partial charge on any atom is 0.0505 e. The van der Waals surface area contributed by atoms with Gasteiger partial charge in [0.15, 0.2) is 0 Å². The quantitative estimate of drug-likeness (QED) is 0.793. The molecule has 90 valence electrons. The maximum absolute atomic E-state index is 5.96. The van der Waals surface area contributed by atoms with E-state index in [1.54, 1.807) is 7.11 Å². The average Bonchev–Trinajstić information content (AvgIpc) is 2.26. The number of ether oxygens (including phenoxy) is 1. The van der Waals surface area contributed by atoms with Gasteiger partial charge in [0, 0.05) is 18.7 Å². The Labute approximate surface area is 103 Å². The minimum atomic E-state index is 0.503. The van der Waals surface area contributed by atoms with Crippen molar-refractivity contribution in [3.8, 4) is 0 Å². The molecule has 0 aliphatic rings. The summed E-state index contributed by atoms with van der Waals surface area (Å²) in [5.74, 6) is 0.503. The minimum absolute atomic E-state index is 0.503. The average molecular weight is 242 g/mol. The molecule has 0 radical (unpaired) electrons. The molecule has 0 bridgehead atoms. The summed E-state index contributed by atoms with van der Waals surface area (Å²) < 4.78 is 5.23. The fraction of sp³-hybridized carbons (Fsp3) is 0.538. The van der Waals surface area contributed by atoms with E-state index in [9.17, 15) is 0 Å². The van der Waals surface area contributed by atoms with Gasteiger partial charge in [0.25, 0.3) is 0 Å². The Balaban J connectivity index is 2.52. The summed E-state index contributed by atoms with van der Waals surface area (Å²) >= 11 is 5.96. The van der Waals surface area contributed by atoms with Crippen molar-refractivity contribution < 1.29 is 4.74 Å². The van der Waals surface area contributed by atoms with Crippen molar-refractivity contribution in [1.29, 1.82) is 0 Å². The number of hydrogen-bond donors (Lipinski definition) is 1. The van der Waals surface area contributed by atoms with Gasteiger partial charge in [-0.05, 0) is 36.6 Å². The van der Waals surface area contributed by atoms with Gasteiger partial charge in [-0.1, -0.05) is 30.7 Å². The second-order valence-electron chi connectivity index (χ2n) is 3.96. The van der Waals surface area contributed by atoms with Crippen molar-refractivity contribution in [1.82, 2.24) is 5.32 Å². The highest BCUT2D eigenvalue weighted by Crippen LogP contribution is 2.14. The SMILES string of the molecule is CCNCC(COC)Cc1cccc(Cl)c1. The van der Waals surface area contributed by atoms with Crippen molar-refractivity contribution in [2.45, 2.75) is 13.3 Å². The molecule has 0 aliphatic carbocycles. The molecule has 0 aliphatic heterocycles. The fourth-order valence-corrected chi connectivity index (χ4v) is 1.98. The predicted molar refractivity (Wildman–Crippen MR) is 69.1 cm³/mol. The van der Waals surface area contributed by atoms with Gasteiger partial charge in [-0.3, -0.25) is 0 Å². The van der Waals surface area contributed by atoms with Gasteiger partial charge in [0.05, 0.1) is 6.61 Å². The number of halogens is 1. The largest absolute Gasteiger partial charge is 0.384 e. The Morgan fingerprint density at radius 2 is 2.25 bits per heavy atom. The van der Waals surface area contributed by atoms with Crippen molar-refractivity contribution in [3.63, 3.8) is 0 Å². The molecule has 0 saturated heterocycles. The molecule has 1 aromatic rings. The van der Waals surface area contributed by atoms with Crippen LogP contribution in [0.5, 0.6) is 0 Å². The van der Waals surface area contributed by atoms with Gasteiger partial charge in [0.1, 0.15) is 0 Å². The highest BCUT2D eigenvalue weighted by atomic mass is 35.5.